The second kappa shape index (κ2) is 6.84. The van der Waals surface area contributed by atoms with Crippen molar-refractivity contribution in [2.24, 2.45) is 5.73 Å². The summed E-state index contributed by atoms with van der Waals surface area (Å²) in [6.45, 7) is 2.63. The van der Waals surface area contributed by atoms with E-state index in [-0.39, 0.29) is 23.9 Å². The summed E-state index contributed by atoms with van der Waals surface area (Å²) >= 11 is 0. The quantitative estimate of drug-likeness (QED) is 0.705. The minimum Gasteiger partial charge on any atom is -0.354 e. The van der Waals surface area contributed by atoms with Crippen molar-refractivity contribution in [3.63, 3.8) is 0 Å². The standard InChI is InChI=1S/C19H21N3O2/c1-13(20)10-11-21-18(23)12-22-16-8-4-2-6-14(16)19(24)15-7-3-5-9-17(15)22/h2-9,13H,10-12,20H2,1H3,(H,21,23). The van der Waals surface area contributed by atoms with Crippen molar-refractivity contribution in [1.82, 2.24) is 9.88 Å². The van der Waals surface area contributed by atoms with E-state index in [0.29, 0.717) is 17.3 Å². The lowest BCUT2D eigenvalue weighted by Gasteiger charge is -2.15. The first-order valence-corrected chi connectivity index (χ1v) is 8.10. The monoisotopic (exact) mass is 323 g/mol. The van der Waals surface area contributed by atoms with Crippen LogP contribution in [0.1, 0.15) is 13.3 Å². The Morgan fingerprint density at radius 2 is 1.62 bits per heavy atom. The van der Waals surface area contributed by atoms with Crippen LogP contribution in [-0.2, 0) is 11.3 Å². The Labute approximate surface area is 140 Å². The van der Waals surface area contributed by atoms with Gasteiger partial charge in [-0.15, -0.1) is 0 Å². The number of fused-ring (bicyclic) bond motifs is 2. The molecule has 0 aliphatic rings. The zero-order chi connectivity index (χ0) is 17.1. The number of para-hydroxylation sites is 2. The maximum atomic E-state index is 12.6. The average molecular weight is 323 g/mol. The maximum Gasteiger partial charge on any atom is 0.239 e. The first-order chi connectivity index (χ1) is 11.6. The van der Waals surface area contributed by atoms with E-state index in [1.165, 1.54) is 0 Å². The van der Waals surface area contributed by atoms with E-state index >= 15 is 0 Å². The van der Waals surface area contributed by atoms with E-state index in [1.807, 2.05) is 47.9 Å². The molecule has 0 fully saturated rings. The van der Waals surface area contributed by atoms with Gasteiger partial charge in [0.25, 0.3) is 0 Å². The van der Waals surface area contributed by atoms with Crippen LogP contribution in [0.5, 0.6) is 0 Å². The molecule has 0 spiro atoms. The van der Waals surface area contributed by atoms with E-state index in [1.54, 1.807) is 12.1 Å². The Balaban J connectivity index is 2.03. The number of carbonyl (C=O) groups excluding carboxylic acids is 1. The van der Waals surface area contributed by atoms with E-state index in [9.17, 15) is 9.59 Å². The highest BCUT2D eigenvalue weighted by Gasteiger charge is 2.12. The second-order valence-electron chi connectivity index (χ2n) is 6.07. The summed E-state index contributed by atoms with van der Waals surface area (Å²) < 4.78 is 1.90. The third kappa shape index (κ3) is 3.16. The second-order valence-corrected chi connectivity index (χ2v) is 6.07. The molecule has 1 heterocycles. The average Bonchev–Trinajstić information content (AvgIpc) is 2.58. The number of nitrogens with zero attached hydrogens (tertiary/aromatic N) is 1. The van der Waals surface area contributed by atoms with Crippen molar-refractivity contribution in [3.8, 4) is 0 Å². The molecule has 0 saturated heterocycles. The predicted molar refractivity (Wildman–Crippen MR) is 97.0 cm³/mol. The normalized spacial score (nSPS) is 12.4. The molecule has 124 valence electrons. The zero-order valence-electron chi connectivity index (χ0n) is 13.7. The SMILES string of the molecule is CC(N)CCNC(=O)Cn1c2ccccc2c(=O)c2ccccc21. The molecule has 0 bridgehead atoms. The van der Waals surface area contributed by atoms with Gasteiger partial charge < -0.3 is 15.6 Å². The lowest BCUT2D eigenvalue weighted by atomic mass is 10.1. The highest BCUT2D eigenvalue weighted by Crippen LogP contribution is 2.18. The molecule has 1 atom stereocenters. The fourth-order valence-corrected chi connectivity index (χ4v) is 2.89. The first-order valence-electron chi connectivity index (χ1n) is 8.10. The summed E-state index contributed by atoms with van der Waals surface area (Å²) in [7, 11) is 0. The third-order valence-corrected chi connectivity index (χ3v) is 4.10. The van der Waals surface area contributed by atoms with Crippen LogP contribution in [0, 0.1) is 0 Å². The molecule has 0 radical (unpaired) electrons. The van der Waals surface area contributed by atoms with Gasteiger partial charge >= 0.3 is 0 Å². The number of amides is 1. The number of nitrogens with one attached hydrogen (secondary N) is 1. The lowest BCUT2D eigenvalue weighted by molar-refractivity contribution is -0.121. The summed E-state index contributed by atoms with van der Waals surface area (Å²) in [5, 5.41) is 4.14. The zero-order valence-corrected chi connectivity index (χ0v) is 13.7. The van der Waals surface area contributed by atoms with Crippen molar-refractivity contribution in [3.05, 3.63) is 58.8 Å². The van der Waals surface area contributed by atoms with Crippen LogP contribution >= 0.6 is 0 Å². The van der Waals surface area contributed by atoms with Crippen molar-refractivity contribution < 1.29 is 4.79 Å². The van der Waals surface area contributed by atoms with Crippen LogP contribution in [0.4, 0.5) is 0 Å². The maximum absolute atomic E-state index is 12.6. The van der Waals surface area contributed by atoms with Crippen LogP contribution in [-0.4, -0.2) is 23.1 Å². The van der Waals surface area contributed by atoms with Crippen molar-refractivity contribution >= 4 is 27.7 Å². The van der Waals surface area contributed by atoms with Crippen molar-refractivity contribution in [1.29, 1.82) is 0 Å². The van der Waals surface area contributed by atoms with Crippen molar-refractivity contribution in [2.75, 3.05) is 6.54 Å². The third-order valence-electron chi connectivity index (χ3n) is 4.10. The van der Waals surface area contributed by atoms with Crippen LogP contribution in [0.25, 0.3) is 21.8 Å². The smallest absolute Gasteiger partial charge is 0.239 e. The Morgan fingerprint density at radius 1 is 1.08 bits per heavy atom. The number of nitrogens with two attached hydrogens (primary N) is 1. The van der Waals surface area contributed by atoms with Crippen LogP contribution in [0.15, 0.2) is 53.3 Å². The molecule has 1 unspecified atom stereocenters. The summed E-state index contributed by atoms with van der Waals surface area (Å²) in [6.07, 6.45) is 0.734. The van der Waals surface area contributed by atoms with E-state index in [2.05, 4.69) is 5.32 Å². The molecule has 5 nitrogen and oxygen atoms in total. The summed E-state index contributed by atoms with van der Waals surface area (Å²) in [6, 6.07) is 14.8. The van der Waals surface area contributed by atoms with Gasteiger partial charge in [-0.25, -0.2) is 0 Å². The fourth-order valence-electron chi connectivity index (χ4n) is 2.89. The van der Waals surface area contributed by atoms with Crippen LogP contribution < -0.4 is 16.5 Å². The molecule has 24 heavy (non-hydrogen) atoms. The number of benzene rings is 2. The molecular weight excluding hydrogens is 302 g/mol. The number of carbonyl (C=O) groups is 1. The molecule has 0 aliphatic heterocycles. The van der Waals surface area contributed by atoms with Gasteiger partial charge in [0.05, 0.1) is 11.0 Å². The van der Waals surface area contributed by atoms with Gasteiger partial charge in [0.1, 0.15) is 6.54 Å². The predicted octanol–water partition coefficient (Wildman–Crippen LogP) is 2.01. The molecule has 2 aromatic carbocycles. The number of rotatable bonds is 5. The molecule has 3 rings (SSSR count). The van der Waals surface area contributed by atoms with Crippen molar-refractivity contribution in [2.45, 2.75) is 25.9 Å². The van der Waals surface area contributed by atoms with Gasteiger partial charge in [-0.2, -0.15) is 0 Å². The minimum absolute atomic E-state index is 0.00480. The van der Waals surface area contributed by atoms with Gasteiger partial charge in [0, 0.05) is 23.4 Å². The molecule has 0 saturated carbocycles. The van der Waals surface area contributed by atoms with Gasteiger partial charge in [-0.3, -0.25) is 9.59 Å². The Morgan fingerprint density at radius 3 is 2.17 bits per heavy atom. The first kappa shape index (κ1) is 16.2. The highest BCUT2D eigenvalue weighted by atomic mass is 16.2. The van der Waals surface area contributed by atoms with E-state index in [4.69, 9.17) is 5.73 Å². The van der Waals surface area contributed by atoms with Gasteiger partial charge in [-0.05, 0) is 37.6 Å². The minimum atomic E-state index is -0.0883. The summed E-state index contributed by atoms with van der Waals surface area (Å²) in [5.74, 6) is -0.0883. The number of pyridine rings is 1. The fraction of sp³-hybridized carbons (Fsp3) is 0.263. The Bertz CT molecular complexity index is 884. The molecule has 0 aliphatic carbocycles. The topological polar surface area (TPSA) is 77.1 Å². The molecular formula is C19H21N3O2. The molecule has 5 heteroatoms. The van der Waals surface area contributed by atoms with E-state index in [0.717, 1.165) is 17.5 Å². The van der Waals surface area contributed by atoms with Crippen LogP contribution in [0.3, 0.4) is 0 Å². The highest BCUT2D eigenvalue weighted by molar-refractivity contribution is 5.94. The number of hydrogen-bond donors (Lipinski definition) is 2. The largest absolute Gasteiger partial charge is 0.354 e. The molecule has 3 aromatic rings. The molecule has 1 amide bonds. The lowest BCUT2D eigenvalue weighted by Crippen LogP contribution is -2.32. The summed E-state index contributed by atoms with van der Waals surface area (Å²) in [4.78, 5) is 25.0. The van der Waals surface area contributed by atoms with E-state index < -0.39 is 0 Å². The van der Waals surface area contributed by atoms with Gasteiger partial charge in [0.15, 0.2) is 5.43 Å². The number of hydrogen-bond acceptors (Lipinski definition) is 3. The Hall–Kier alpha value is -2.66. The number of aromatic nitrogens is 1. The molecule has 1 aromatic heterocycles. The van der Waals surface area contributed by atoms with Crippen LogP contribution in [0.2, 0.25) is 0 Å². The van der Waals surface area contributed by atoms with Gasteiger partial charge in [-0.1, -0.05) is 24.3 Å². The summed E-state index contributed by atoms with van der Waals surface area (Å²) in [5.41, 5.74) is 7.23. The molecule has 3 N–H and O–H groups in total. The Kier molecular flexibility index (Phi) is 4.62. The van der Waals surface area contributed by atoms with Gasteiger partial charge in [0.2, 0.25) is 5.91 Å².